The third-order valence-electron chi connectivity index (χ3n) is 2.61. The summed E-state index contributed by atoms with van der Waals surface area (Å²) in [6, 6.07) is 3.31. The predicted octanol–water partition coefficient (Wildman–Crippen LogP) is 0.917. The Morgan fingerprint density at radius 3 is 2.55 bits per heavy atom. The van der Waals surface area contributed by atoms with Crippen LogP contribution < -0.4 is 9.46 Å². The van der Waals surface area contributed by atoms with E-state index in [2.05, 4.69) is 4.72 Å². The van der Waals surface area contributed by atoms with Gasteiger partial charge in [-0.2, -0.15) is 0 Å². The van der Waals surface area contributed by atoms with Crippen molar-refractivity contribution in [1.29, 1.82) is 0 Å². The van der Waals surface area contributed by atoms with Gasteiger partial charge in [0.2, 0.25) is 10.0 Å². The number of nitro groups is 1. The van der Waals surface area contributed by atoms with Crippen LogP contribution in [-0.2, 0) is 14.8 Å². The van der Waals surface area contributed by atoms with Crippen LogP contribution in [-0.4, -0.2) is 40.2 Å². The van der Waals surface area contributed by atoms with Crippen molar-refractivity contribution in [1.82, 2.24) is 4.72 Å². The summed E-state index contributed by atoms with van der Waals surface area (Å²) in [7, 11) is -1.12. The molecule has 1 unspecified atom stereocenters. The Morgan fingerprint density at radius 2 is 2.05 bits per heavy atom. The molecule has 0 aliphatic carbocycles. The largest absolute Gasteiger partial charge is 0.495 e. The van der Waals surface area contributed by atoms with E-state index in [-0.39, 0.29) is 29.0 Å². The van der Waals surface area contributed by atoms with Crippen LogP contribution in [0.2, 0.25) is 0 Å². The zero-order chi connectivity index (χ0) is 15.3. The molecule has 0 spiro atoms. The summed E-state index contributed by atoms with van der Waals surface area (Å²) in [5, 5.41) is 10.7. The fourth-order valence-electron chi connectivity index (χ4n) is 1.38. The van der Waals surface area contributed by atoms with Crippen LogP contribution >= 0.6 is 0 Å². The molecule has 0 fully saturated rings. The first-order chi connectivity index (χ1) is 9.31. The fraction of sp³-hybridized carbons (Fsp3) is 0.455. The van der Waals surface area contributed by atoms with E-state index in [1.807, 2.05) is 0 Å². The monoisotopic (exact) mass is 304 g/mol. The lowest BCUT2D eigenvalue weighted by Crippen LogP contribution is -2.31. The van der Waals surface area contributed by atoms with E-state index in [9.17, 15) is 18.5 Å². The molecule has 9 heteroatoms. The van der Waals surface area contributed by atoms with E-state index in [0.29, 0.717) is 0 Å². The molecular formula is C11H16N2O6S. The summed E-state index contributed by atoms with van der Waals surface area (Å²) < 4.78 is 36.4. The van der Waals surface area contributed by atoms with Crippen molar-refractivity contribution in [3.05, 3.63) is 28.3 Å². The van der Waals surface area contributed by atoms with Crippen molar-refractivity contribution >= 4 is 15.7 Å². The van der Waals surface area contributed by atoms with Crippen LogP contribution in [0.15, 0.2) is 23.1 Å². The lowest BCUT2D eigenvalue weighted by molar-refractivity contribution is -0.385. The number of hydrogen-bond donors (Lipinski definition) is 1. The topological polar surface area (TPSA) is 108 Å². The number of ether oxygens (including phenoxy) is 2. The minimum Gasteiger partial charge on any atom is -0.495 e. The van der Waals surface area contributed by atoms with Crippen LogP contribution in [0.1, 0.15) is 6.92 Å². The molecule has 1 aromatic carbocycles. The molecule has 0 aliphatic rings. The molecule has 0 bridgehead atoms. The maximum atomic E-state index is 12.1. The standard InChI is InChI=1S/C11H16N2O6S/c1-8(18-2)7-12-20(16,17)11-5-4-9(13(14)15)6-10(11)19-3/h4-6,8,12H,7H2,1-3H3. The van der Waals surface area contributed by atoms with Crippen molar-refractivity contribution in [3.8, 4) is 5.75 Å². The third-order valence-corrected chi connectivity index (χ3v) is 4.07. The molecule has 1 atom stereocenters. The van der Waals surface area contributed by atoms with E-state index >= 15 is 0 Å². The molecule has 0 aliphatic heterocycles. The summed E-state index contributed by atoms with van der Waals surface area (Å²) >= 11 is 0. The van der Waals surface area contributed by atoms with Crippen molar-refractivity contribution in [3.63, 3.8) is 0 Å². The number of methoxy groups -OCH3 is 2. The van der Waals surface area contributed by atoms with Gasteiger partial charge in [0.05, 0.1) is 24.2 Å². The van der Waals surface area contributed by atoms with E-state index in [4.69, 9.17) is 9.47 Å². The second-order valence-electron chi connectivity index (χ2n) is 3.99. The Labute approximate surface area is 116 Å². The Kier molecular flexibility index (Phi) is 5.43. The smallest absolute Gasteiger partial charge is 0.273 e. The Morgan fingerprint density at radius 1 is 1.40 bits per heavy atom. The van der Waals surface area contributed by atoms with Gasteiger partial charge in [-0.15, -0.1) is 0 Å². The SMILES string of the molecule is COc1cc([N+](=O)[O-])ccc1S(=O)(=O)NCC(C)OC. The van der Waals surface area contributed by atoms with Crippen LogP contribution in [0.4, 0.5) is 5.69 Å². The number of nitrogens with zero attached hydrogens (tertiary/aromatic N) is 1. The van der Waals surface area contributed by atoms with Crippen LogP contribution in [0, 0.1) is 10.1 Å². The number of nitrogens with one attached hydrogen (secondary N) is 1. The summed E-state index contributed by atoms with van der Waals surface area (Å²) in [5.74, 6) is -0.0863. The van der Waals surface area contributed by atoms with Gasteiger partial charge in [0.25, 0.3) is 5.69 Å². The summed E-state index contributed by atoms with van der Waals surface area (Å²) in [6.45, 7) is 1.79. The fourth-order valence-corrected chi connectivity index (χ4v) is 2.64. The predicted molar refractivity (Wildman–Crippen MR) is 71.3 cm³/mol. The Hall–Kier alpha value is -1.71. The molecule has 1 rings (SSSR count). The lowest BCUT2D eigenvalue weighted by Gasteiger charge is -2.13. The van der Waals surface area contributed by atoms with Gasteiger partial charge in [-0.1, -0.05) is 0 Å². The normalized spacial score (nSPS) is 12.9. The van der Waals surface area contributed by atoms with Gasteiger partial charge < -0.3 is 9.47 Å². The molecule has 8 nitrogen and oxygen atoms in total. The first kappa shape index (κ1) is 16.3. The minimum absolute atomic E-state index is 0.0823. The maximum absolute atomic E-state index is 12.1. The van der Waals surface area contributed by atoms with Crippen molar-refractivity contribution in [2.45, 2.75) is 17.9 Å². The molecule has 0 radical (unpaired) electrons. The second kappa shape index (κ2) is 6.64. The number of non-ortho nitro benzene ring substituents is 1. The average molecular weight is 304 g/mol. The highest BCUT2D eigenvalue weighted by atomic mass is 32.2. The van der Waals surface area contributed by atoms with Crippen LogP contribution in [0.3, 0.4) is 0 Å². The molecule has 1 N–H and O–H groups in total. The lowest BCUT2D eigenvalue weighted by atomic mass is 10.3. The van der Waals surface area contributed by atoms with E-state index in [0.717, 1.165) is 18.2 Å². The molecule has 0 heterocycles. The summed E-state index contributed by atoms with van der Waals surface area (Å²) in [4.78, 5) is 9.87. The van der Waals surface area contributed by atoms with Crippen molar-refractivity contribution in [2.75, 3.05) is 20.8 Å². The number of rotatable bonds is 7. The van der Waals surface area contributed by atoms with Gasteiger partial charge in [0.15, 0.2) is 0 Å². The Bertz CT molecular complexity index is 587. The zero-order valence-corrected chi connectivity index (χ0v) is 12.1. The Balaban J connectivity index is 3.08. The van der Waals surface area contributed by atoms with Gasteiger partial charge >= 0.3 is 0 Å². The highest BCUT2D eigenvalue weighted by Gasteiger charge is 2.22. The summed E-state index contributed by atoms with van der Waals surface area (Å²) in [5.41, 5.74) is -0.244. The average Bonchev–Trinajstić information content (AvgIpc) is 2.43. The van der Waals surface area contributed by atoms with Crippen molar-refractivity contribution in [2.24, 2.45) is 0 Å². The first-order valence-corrected chi connectivity index (χ1v) is 7.15. The second-order valence-corrected chi connectivity index (χ2v) is 5.73. The number of benzene rings is 1. The third kappa shape index (κ3) is 3.89. The molecule has 0 aromatic heterocycles. The van der Waals surface area contributed by atoms with Crippen molar-refractivity contribution < 1.29 is 22.8 Å². The molecule has 0 amide bonds. The quantitative estimate of drug-likeness (QED) is 0.592. The molecule has 1 aromatic rings. The van der Waals surface area contributed by atoms with Crippen LogP contribution in [0.25, 0.3) is 0 Å². The van der Waals surface area contributed by atoms with Gasteiger partial charge in [-0.3, -0.25) is 10.1 Å². The molecule has 0 saturated heterocycles. The van der Waals surface area contributed by atoms with E-state index < -0.39 is 14.9 Å². The molecule has 20 heavy (non-hydrogen) atoms. The highest BCUT2D eigenvalue weighted by molar-refractivity contribution is 7.89. The van der Waals surface area contributed by atoms with Gasteiger partial charge in [-0.05, 0) is 13.0 Å². The minimum atomic E-state index is -3.83. The van der Waals surface area contributed by atoms with Gasteiger partial charge in [-0.25, -0.2) is 13.1 Å². The van der Waals surface area contributed by atoms with Gasteiger partial charge in [0, 0.05) is 19.7 Å². The van der Waals surface area contributed by atoms with Gasteiger partial charge in [0.1, 0.15) is 10.6 Å². The molecular weight excluding hydrogens is 288 g/mol. The maximum Gasteiger partial charge on any atom is 0.273 e. The number of hydrogen-bond acceptors (Lipinski definition) is 6. The summed E-state index contributed by atoms with van der Waals surface area (Å²) in [6.07, 6.45) is -0.297. The highest BCUT2D eigenvalue weighted by Crippen LogP contribution is 2.28. The number of nitro benzene ring substituents is 1. The number of sulfonamides is 1. The molecule has 0 saturated carbocycles. The van der Waals surface area contributed by atoms with Crippen LogP contribution in [0.5, 0.6) is 5.75 Å². The van der Waals surface area contributed by atoms with E-state index in [1.54, 1.807) is 6.92 Å². The zero-order valence-electron chi connectivity index (χ0n) is 11.3. The first-order valence-electron chi connectivity index (χ1n) is 5.66. The molecule has 112 valence electrons. The van der Waals surface area contributed by atoms with E-state index in [1.165, 1.54) is 14.2 Å².